The van der Waals surface area contributed by atoms with Crippen molar-refractivity contribution in [3.8, 4) is 17.0 Å². The van der Waals surface area contributed by atoms with Crippen LogP contribution >= 0.6 is 34.8 Å². The van der Waals surface area contributed by atoms with Gasteiger partial charge in [-0.25, -0.2) is 0 Å². The maximum Gasteiger partial charge on any atom is 0.147 e. The molecule has 0 amide bonds. The van der Waals surface area contributed by atoms with Crippen LogP contribution in [0.25, 0.3) is 22.2 Å². The fraction of sp³-hybridized carbons (Fsp3) is 0.290. The van der Waals surface area contributed by atoms with E-state index < -0.39 is 0 Å². The molecule has 198 valence electrons. The molecule has 2 aliphatic carbocycles. The molecule has 0 N–H and O–H groups in total. The van der Waals surface area contributed by atoms with E-state index in [1.807, 2.05) is 36.9 Å². The molecule has 0 aliphatic heterocycles. The zero-order valence-electron chi connectivity index (χ0n) is 21.5. The van der Waals surface area contributed by atoms with Crippen molar-refractivity contribution in [2.45, 2.75) is 50.5 Å². The fourth-order valence-corrected chi connectivity index (χ4v) is 6.58. The number of halogens is 3. The summed E-state index contributed by atoms with van der Waals surface area (Å²) in [5.41, 5.74) is 6.90. The molecule has 0 bridgehead atoms. The van der Waals surface area contributed by atoms with Crippen LogP contribution in [-0.4, -0.2) is 14.9 Å². The van der Waals surface area contributed by atoms with Crippen molar-refractivity contribution >= 4 is 45.7 Å². The molecule has 2 fully saturated rings. The van der Waals surface area contributed by atoms with Gasteiger partial charge in [0.15, 0.2) is 0 Å². The van der Waals surface area contributed by atoms with E-state index in [1.165, 1.54) is 16.5 Å². The van der Waals surface area contributed by atoms with Crippen molar-refractivity contribution in [3.63, 3.8) is 0 Å². The highest BCUT2D eigenvalue weighted by molar-refractivity contribution is 6.39. The van der Waals surface area contributed by atoms with Gasteiger partial charge in [-0.05, 0) is 79.5 Å². The number of nitrogens with zero attached hydrogens (tertiary/aromatic N) is 3. The topological polar surface area (TPSA) is 53.1 Å². The molecule has 2 unspecified atom stereocenters. The highest BCUT2D eigenvalue weighted by Crippen LogP contribution is 2.56. The van der Waals surface area contributed by atoms with Crippen LogP contribution in [0.2, 0.25) is 15.1 Å². The molecular formula is C31H26Cl3N3O2. The number of hydrogen-bond donors (Lipinski definition) is 0. The first kappa shape index (κ1) is 25.0. The molecule has 5 aromatic rings. The Hall–Kier alpha value is -2.99. The molecule has 2 aliphatic rings. The van der Waals surface area contributed by atoms with Crippen molar-refractivity contribution in [3.05, 3.63) is 97.8 Å². The number of hydrogen-bond acceptors (Lipinski definition) is 4. The number of aromatic nitrogens is 3. The molecule has 2 atom stereocenters. The summed E-state index contributed by atoms with van der Waals surface area (Å²) in [5.74, 6) is 2.76. The Morgan fingerprint density at radius 3 is 2.51 bits per heavy atom. The summed E-state index contributed by atoms with van der Waals surface area (Å²) in [6.45, 7) is 2.34. The van der Waals surface area contributed by atoms with Gasteiger partial charge in [0.25, 0.3) is 0 Å². The second kappa shape index (κ2) is 9.58. The van der Waals surface area contributed by atoms with Gasteiger partial charge in [0.2, 0.25) is 0 Å². The van der Waals surface area contributed by atoms with Crippen LogP contribution in [0, 0.1) is 6.92 Å². The predicted molar refractivity (Wildman–Crippen MR) is 155 cm³/mol. The Morgan fingerprint density at radius 1 is 0.974 bits per heavy atom. The van der Waals surface area contributed by atoms with Crippen LogP contribution in [0.15, 0.2) is 59.1 Å². The predicted octanol–water partition coefficient (Wildman–Crippen LogP) is 9.22. The molecule has 7 rings (SSSR count). The van der Waals surface area contributed by atoms with Crippen molar-refractivity contribution in [1.82, 2.24) is 14.9 Å². The summed E-state index contributed by atoms with van der Waals surface area (Å²) in [5, 5.41) is 11.9. The molecule has 8 heteroatoms. The number of benzene rings is 3. The molecule has 0 saturated heterocycles. The van der Waals surface area contributed by atoms with Gasteiger partial charge in [-0.15, -0.1) is 0 Å². The van der Waals surface area contributed by atoms with Gasteiger partial charge < -0.3 is 9.26 Å². The largest absolute Gasteiger partial charge is 0.489 e. The van der Waals surface area contributed by atoms with E-state index in [4.69, 9.17) is 44.1 Å². The fourth-order valence-electron chi connectivity index (χ4n) is 5.69. The number of aryl methyl sites for hydroxylation is 2. The summed E-state index contributed by atoms with van der Waals surface area (Å²) in [6.07, 6.45) is 3.23. The molecule has 2 saturated carbocycles. The van der Waals surface area contributed by atoms with Crippen molar-refractivity contribution < 1.29 is 9.26 Å². The van der Waals surface area contributed by atoms with Crippen molar-refractivity contribution in [2.24, 2.45) is 7.05 Å². The number of rotatable bonds is 7. The average molecular weight is 579 g/mol. The molecule has 39 heavy (non-hydrogen) atoms. The summed E-state index contributed by atoms with van der Waals surface area (Å²) >= 11 is 19.8. The first-order valence-electron chi connectivity index (χ1n) is 13.2. The summed E-state index contributed by atoms with van der Waals surface area (Å²) in [7, 11) is 2.00. The van der Waals surface area contributed by atoms with Crippen molar-refractivity contribution in [2.75, 3.05) is 0 Å². The average Bonchev–Trinajstić information content (AvgIpc) is 3.84. The maximum absolute atomic E-state index is 6.80. The SMILES string of the molecule is Cc1nn(C)c2cc(C3CC3c3ccc(OCc4c(-c5c(Cl)cccc5Cl)noc4C4CC4)cc3Cl)ccc12. The lowest BCUT2D eigenvalue weighted by molar-refractivity contribution is 0.300. The Labute approximate surface area is 241 Å². The van der Waals surface area contributed by atoms with Gasteiger partial charge in [0.05, 0.1) is 26.8 Å². The van der Waals surface area contributed by atoms with Crippen LogP contribution in [0.4, 0.5) is 0 Å². The summed E-state index contributed by atoms with van der Waals surface area (Å²) in [4.78, 5) is 0. The molecule has 2 heterocycles. The van der Waals surface area contributed by atoms with Crippen LogP contribution in [-0.2, 0) is 13.7 Å². The lowest BCUT2D eigenvalue weighted by Crippen LogP contribution is -2.00. The Balaban J connectivity index is 1.11. The third kappa shape index (κ3) is 4.51. The highest BCUT2D eigenvalue weighted by Gasteiger charge is 2.41. The Morgan fingerprint density at radius 2 is 1.77 bits per heavy atom. The molecular weight excluding hydrogens is 553 g/mol. The maximum atomic E-state index is 6.80. The second-order valence-corrected chi connectivity index (χ2v) is 11.9. The first-order valence-corrected chi connectivity index (χ1v) is 14.3. The third-order valence-electron chi connectivity index (χ3n) is 8.00. The van der Waals surface area contributed by atoms with E-state index in [0.29, 0.717) is 44.8 Å². The lowest BCUT2D eigenvalue weighted by atomic mass is 10.0. The van der Waals surface area contributed by atoms with Gasteiger partial charge in [0.1, 0.15) is 23.8 Å². The quantitative estimate of drug-likeness (QED) is 0.193. The van der Waals surface area contributed by atoms with Gasteiger partial charge in [-0.1, -0.05) is 64.2 Å². The summed E-state index contributed by atoms with van der Waals surface area (Å²) < 4.78 is 14.0. The minimum atomic E-state index is 0.290. The highest BCUT2D eigenvalue weighted by atomic mass is 35.5. The molecule has 5 nitrogen and oxygen atoms in total. The van der Waals surface area contributed by atoms with Crippen LogP contribution in [0.5, 0.6) is 5.75 Å². The third-order valence-corrected chi connectivity index (χ3v) is 8.96. The zero-order valence-corrected chi connectivity index (χ0v) is 23.8. The number of ether oxygens (including phenoxy) is 1. The normalized spacial score (nSPS) is 18.6. The van der Waals surface area contributed by atoms with E-state index in [2.05, 4.69) is 34.5 Å². The number of fused-ring (bicyclic) bond motifs is 1. The van der Waals surface area contributed by atoms with Gasteiger partial charge in [-0.2, -0.15) is 5.10 Å². The van der Waals surface area contributed by atoms with E-state index in [1.54, 1.807) is 12.1 Å². The molecule has 0 spiro atoms. The monoisotopic (exact) mass is 577 g/mol. The summed E-state index contributed by atoms with van der Waals surface area (Å²) in [6, 6.07) is 18.1. The second-order valence-electron chi connectivity index (χ2n) is 10.7. The van der Waals surface area contributed by atoms with Gasteiger partial charge >= 0.3 is 0 Å². The Bertz CT molecular complexity index is 1720. The lowest BCUT2D eigenvalue weighted by Gasteiger charge is -2.11. The van der Waals surface area contributed by atoms with E-state index in [9.17, 15) is 0 Å². The van der Waals surface area contributed by atoms with E-state index >= 15 is 0 Å². The first-order chi connectivity index (χ1) is 18.9. The van der Waals surface area contributed by atoms with Crippen LogP contribution in [0.3, 0.4) is 0 Å². The Kier molecular flexibility index (Phi) is 6.14. The van der Waals surface area contributed by atoms with Crippen LogP contribution < -0.4 is 4.74 Å². The van der Waals surface area contributed by atoms with Gasteiger partial charge in [0, 0.05) is 28.9 Å². The minimum absolute atomic E-state index is 0.290. The minimum Gasteiger partial charge on any atom is -0.489 e. The smallest absolute Gasteiger partial charge is 0.147 e. The molecule has 0 radical (unpaired) electrons. The standard InChI is InChI=1S/C31H26Cl3N3O2/c1-16-20-10-8-18(12-28(20)37(2)35-16)22-14-23(22)21-11-9-19(13-27(21)34)38-15-24-30(36-39-31(24)17-6-7-17)29-25(32)4-3-5-26(29)33/h3-5,8-13,17,22-23H,6-7,14-15H2,1-2H3. The molecule has 3 aromatic carbocycles. The zero-order chi connectivity index (χ0) is 26.8. The molecule has 2 aromatic heterocycles. The van der Waals surface area contributed by atoms with Crippen LogP contribution in [0.1, 0.15) is 65.2 Å². The van der Waals surface area contributed by atoms with Gasteiger partial charge in [-0.3, -0.25) is 4.68 Å². The van der Waals surface area contributed by atoms with E-state index in [-0.39, 0.29) is 6.61 Å². The van der Waals surface area contributed by atoms with E-state index in [0.717, 1.165) is 46.9 Å². The van der Waals surface area contributed by atoms with Crippen molar-refractivity contribution in [1.29, 1.82) is 0 Å².